The third-order valence-electron chi connectivity index (χ3n) is 4.69. The smallest absolute Gasteiger partial charge is 0.327 e. The van der Waals surface area contributed by atoms with Gasteiger partial charge in [-0.15, -0.1) is 11.3 Å². The number of hydrogen-bond donors (Lipinski definition) is 2. The number of nitriles is 1. The summed E-state index contributed by atoms with van der Waals surface area (Å²) in [6, 6.07) is 2.89. The van der Waals surface area contributed by atoms with Crippen molar-refractivity contribution in [3.63, 3.8) is 0 Å². The number of carbonyl (C=O) groups is 4. The number of hydrogen-bond acceptors (Lipinski definition) is 7. The van der Waals surface area contributed by atoms with Gasteiger partial charge in [0.1, 0.15) is 23.2 Å². The van der Waals surface area contributed by atoms with Crippen molar-refractivity contribution in [1.29, 1.82) is 5.26 Å². The van der Waals surface area contributed by atoms with Crippen LogP contribution in [0.1, 0.15) is 38.2 Å². The summed E-state index contributed by atoms with van der Waals surface area (Å²) < 4.78 is 5.04. The molecule has 10 heteroatoms. The Morgan fingerprint density at radius 3 is 2.81 bits per heavy atom. The van der Waals surface area contributed by atoms with Gasteiger partial charge in [0.2, 0.25) is 0 Å². The molecule has 0 aromatic carbocycles. The molecule has 9 nitrogen and oxygen atoms in total. The summed E-state index contributed by atoms with van der Waals surface area (Å²) >= 11 is 1.18. The van der Waals surface area contributed by atoms with Crippen LogP contribution in [0, 0.1) is 11.3 Å². The molecule has 142 valence electrons. The maximum Gasteiger partial charge on any atom is 0.327 e. The molecule has 0 bridgehead atoms. The van der Waals surface area contributed by atoms with Crippen LogP contribution in [0.15, 0.2) is 11.4 Å². The van der Waals surface area contributed by atoms with E-state index in [1.165, 1.54) is 18.3 Å². The van der Waals surface area contributed by atoms with Gasteiger partial charge >= 0.3 is 12.0 Å². The largest absolute Gasteiger partial charge is 0.451 e. The second-order valence-corrected chi connectivity index (χ2v) is 7.42. The highest BCUT2D eigenvalue weighted by atomic mass is 32.1. The maximum absolute atomic E-state index is 12.5. The standard InChI is InChI=1S/C17H18N4O5S/c1-10(13(23)19-14-11(8-18)4-7-27-14)26-12(22)9-21-15(24)17(20-16(21)25)5-2-3-6-17/h4,7,10H,2-3,5-6,9H2,1H3,(H,19,23)(H,20,25)/t10-/m1/s1. The molecule has 0 radical (unpaired) electrons. The van der Waals surface area contributed by atoms with Crippen LogP contribution in [0.5, 0.6) is 0 Å². The lowest BCUT2D eigenvalue weighted by Gasteiger charge is -2.20. The zero-order valence-electron chi connectivity index (χ0n) is 14.6. The third-order valence-corrected chi connectivity index (χ3v) is 5.52. The van der Waals surface area contributed by atoms with E-state index in [9.17, 15) is 19.2 Å². The highest BCUT2D eigenvalue weighted by Crippen LogP contribution is 2.34. The van der Waals surface area contributed by atoms with Gasteiger partial charge < -0.3 is 15.4 Å². The van der Waals surface area contributed by atoms with Crippen LogP contribution < -0.4 is 10.6 Å². The predicted octanol–water partition coefficient (Wildman–Crippen LogP) is 1.35. The van der Waals surface area contributed by atoms with Crippen LogP contribution in [-0.4, -0.2) is 46.9 Å². The monoisotopic (exact) mass is 390 g/mol. The van der Waals surface area contributed by atoms with E-state index in [2.05, 4.69) is 10.6 Å². The van der Waals surface area contributed by atoms with E-state index in [4.69, 9.17) is 10.00 Å². The summed E-state index contributed by atoms with van der Waals surface area (Å²) in [5, 5.41) is 16.2. The molecule has 2 fully saturated rings. The average Bonchev–Trinajstić information content (AvgIpc) is 3.32. The van der Waals surface area contributed by atoms with Gasteiger partial charge in [-0.05, 0) is 31.2 Å². The lowest BCUT2D eigenvalue weighted by Crippen LogP contribution is -2.44. The van der Waals surface area contributed by atoms with Gasteiger partial charge in [0.05, 0.1) is 5.56 Å². The van der Waals surface area contributed by atoms with Crippen molar-refractivity contribution in [2.24, 2.45) is 0 Å². The first-order valence-corrected chi connectivity index (χ1v) is 9.36. The van der Waals surface area contributed by atoms with Crippen molar-refractivity contribution < 1.29 is 23.9 Å². The lowest BCUT2D eigenvalue weighted by atomic mass is 9.98. The number of urea groups is 1. The molecule has 27 heavy (non-hydrogen) atoms. The molecule has 1 aromatic rings. The first kappa shape index (κ1) is 18.8. The van der Waals surface area contributed by atoms with Crippen LogP contribution >= 0.6 is 11.3 Å². The van der Waals surface area contributed by atoms with E-state index in [-0.39, 0.29) is 0 Å². The van der Waals surface area contributed by atoms with Crippen LogP contribution in [0.25, 0.3) is 0 Å². The number of thiophene rings is 1. The Morgan fingerprint density at radius 2 is 2.15 bits per heavy atom. The summed E-state index contributed by atoms with van der Waals surface area (Å²) in [5.41, 5.74) is -0.583. The number of imide groups is 1. The first-order valence-electron chi connectivity index (χ1n) is 8.48. The van der Waals surface area contributed by atoms with Crippen molar-refractivity contribution in [2.75, 3.05) is 11.9 Å². The van der Waals surface area contributed by atoms with Gasteiger partial charge in [0, 0.05) is 0 Å². The quantitative estimate of drug-likeness (QED) is 0.577. The topological polar surface area (TPSA) is 129 Å². The van der Waals surface area contributed by atoms with Gasteiger partial charge in [-0.1, -0.05) is 12.8 Å². The van der Waals surface area contributed by atoms with Gasteiger partial charge in [0.25, 0.3) is 11.8 Å². The normalized spacial score (nSPS) is 18.9. The van der Waals surface area contributed by atoms with Gasteiger partial charge in [-0.3, -0.25) is 19.3 Å². The van der Waals surface area contributed by atoms with E-state index in [1.54, 1.807) is 11.4 Å². The van der Waals surface area contributed by atoms with E-state index >= 15 is 0 Å². The number of ether oxygens (including phenoxy) is 1. The second kappa shape index (κ2) is 7.36. The number of nitrogens with one attached hydrogen (secondary N) is 2. The number of anilines is 1. The molecule has 1 saturated heterocycles. The van der Waals surface area contributed by atoms with Crippen LogP contribution in [0.4, 0.5) is 9.80 Å². The Bertz CT molecular complexity index is 837. The van der Waals surface area contributed by atoms with E-state index in [0.29, 0.717) is 23.4 Å². The molecule has 2 heterocycles. The summed E-state index contributed by atoms with van der Waals surface area (Å²) in [5.74, 6) is -1.88. The minimum atomic E-state index is -1.15. The summed E-state index contributed by atoms with van der Waals surface area (Å²) in [6.45, 7) is 0.823. The molecule has 1 aliphatic heterocycles. The third kappa shape index (κ3) is 3.64. The fourth-order valence-electron chi connectivity index (χ4n) is 3.26. The minimum Gasteiger partial charge on any atom is -0.451 e. The Morgan fingerprint density at radius 1 is 1.44 bits per heavy atom. The van der Waals surface area contributed by atoms with Gasteiger partial charge in [-0.2, -0.15) is 5.26 Å². The number of nitrogens with zero attached hydrogens (tertiary/aromatic N) is 2. The van der Waals surface area contributed by atoms with E-state index < -0.39 is 42.0 Å². The summed E-state index contributed by atoms with van der Waals surface area (Å²) in [6.07, 6.45) is 1.66. The average molecular weight is 390 g/mol. The number of carbonyl (C=O) groups excluding carboxylic acids is 4. The van der Waals surface area contributed by atoms with Crippen LogP contribution in [-0.2, 0) is 19.1 Å². The predicted molar refractivity (Wildman–Crippen MR) is 94.7 cm³/mol. The molecule has 2 aliphatic rings. The SMILES string of the molecule is C[C@@H](OC(=O)CN1C(=O)NC2(CCCC2)C1=O)C(=O)Nc1sccc1C#N. The summed E-state index contributed by atoms with van der Waals surface area (Å²) in [4.78, 5) is 49.6. The fraction of sp³-hybridized carbons (Fsp3) is 0.471. The number of esters is 1. The first-order chi connectivity index (χ1) is 12.9. The molecule has 2 N–H and O–H groups in total. The van der Waals surface area contributed by atoms with Gasteiger partial charge in [-0.25, -0.2) is 4.79 Å². The highest BCUT2D eigenvalue weighted by Gasteiger charge is 2.52. The Labute approximate surface area is 159 Å². The molecule has 1 spiro atoms. The molecule has 1 saturated carbocycles. The van der Waals surface area contributed by atoms with Crippen molar-refractivity contribution in [3.05, 3.63) is 17.0 Å². The van der Waals surface area contributed by atoms with E-state index in [1.807, 2.05) is 6.07 Å². The molecular formula is C17H18N4O5S. The lowest BCUT2D eigenvalue weighted by molar-refractivity contribution is -0.155. The van der Waals surface area contributed by atoms with Crippen molar-refractivity contribution in [2.45, 2.75) is 44.2 Å². The highest BCUT2D eigenvalue weighted by molar-refractivity contribution is 7.14. The Hall–Kier alpha value is -2.93. The van der Waals surface area contributed by atoms with Crippen molar-refractivity contribution >= 4 is 40.2 Å². The Kier molecular flexibility index (Phi) is 5.14. The molecule has 4 amide bonds. The molecule has 1 atom stereocenters. The van der Waals surface area contributed by atoms with Gasteiger partial charge in [0.15, 0.2) is 6.10 Å². The van der Waals surface area contributed by atoms with Crippen molar-refractivity contribution in [1.82, 2.24) is 10.2 Å². The maximum atomic E-state index is 12.5. The minimum absolute atomic E-state index is 0.313. The zero-order chi connectivity index (χ0) is 19.6. The molecule has 1 aromatic heterocycles. The van der Waals surface area contributed by atoms with Crippen LogP contribution in [0.3, 0.4) is 0 Å². The number of rotatable bonds is 5. The molecular weight excluding hydrogens is 372 g/mol. The van der Waals surface area contributed by atoms with Crippen LogP contribution in [0.2, 0.25) is 0 Å². The summed E-state index contributed by atoms with van der Waals surface area (Å²) in [7, 11) is 0. The molecule has 3 rings (SSSR count). The molecule has 1 aliphatic carbocycles. The second-order valence-electron chi connectivity index (χ2n) is 6.51. The van der Waals surface area contributed by atoms with Crippen molar-refractivity contribution in [3.8, 4) is 6.07 Å². The zero-order valence-corrected chi connectivity index (χ0v) is 15.4. The fourth-order valence-corrected chi connectivity index (χ4v) is 4.00. The number of amides is 4. The Balaban J connectivity index is 1.56. The molecule has 0 unspecified atom stereocenters. The van der Waals surface area contributed by atoms with E-state index in [0.717, 1.165) is 17.7 Å².